The standard InChI is InChI=1S/C24H23F3N2O4S/c1-16-8-13-19(34(31,32)28-21-6-4-5-7-22(21)33-3)14-20(16)23(30)29(2)15-17-9-11-18(12-10-17)24(25,26)27/h4-14,28H,15H2,1-3H3. The van der Waals surface area contributed by atoms with E-state index in [2.05, 4.69) is 4.72 Å². The van der Waals surface area contributed by atoms with Gasteiger partial charge < -0.3 is 9.64 Å². The normalized spacial score (nSPS) is 11.7. The minimum atomic E-state index is -4.44. The first-order valence-corrected chi connectivity index (χ1v) is 11.6. The Kier molecular flexibility index (Phi) is 7.21. The number of methoxy groups -OCH3 is 1. The summed E-state index contributed by atoms with van der Waals surface area (Å²) in [4.78, 5) is 14.2. The summed E-state index contributed by atoms with van der Waals surface area (Å²) in [6, 6.07) is 15.2. The molecule has 1 amide bonds. The summed E-state index contributed by atoms with van der Waals surface area (Å²) in [6.45, 7) is 1.72. The summed E-state index contributed by atoms with van der Waals surface area (Å²) in [5.41, 5.74) is 0.695. The predicted octanol–water partition coefficient (Wildman–Crippen LogP) is 5.10. The van der Waals surface area contributed by atoms with Crippen molar-refractivity contribution in [3.63, 3.8) is 0 Å². The monoisotopic (exact) mass is 492 g/mol. The molecule has 10 heteroatoms. The van der Waals surface area contributed by atoms with Gasteiger partial charge in [0.15, 0.2) is 0 Å². The van der Waals surface area contributed by atoms with Gasteiger partial charge >= 0.3 is 6.18 Å². The topological polar surface area (TPSA) is 75.7 Å². The van der Waals surface area contributed by atoms with Crippen LogP contribution in [0.15, 0.2) is 71.6 Å². The van der Waals surface area contributed by atoms with Crippen LogP contribution in [0.4, 0.5) is 18.9 Å². The second-order valence-corrected chi connectivity index (χ2v) is 9.32. The molecular weight excluding hydrogens is 469 g/mol. The summed E-state index contributed by atoms with van der Waals surface area (Å²) in [5.74, 6) is -0.127. The fourth-order valence-electron chi connectivity index (χ4n) is 3.28. The molecule has 0 unspecified atom stereocenters. The smallest absolute Gasteiger partial charge is 0.416 e. The molecule has 0 bridgehead atoms. The van der Waals surface area contributed by atoms with Gasteiger partial charge in [0.1, 0.15) is 5.75 Å². The summed E-state index contributed by atoms with van der Waals surface area (Å²) in [5, 5.41) is 0. The molecule has 0 atom stereocenters. The van der Waals surface area contributed by atoms with Crippen LogP contribution in [0.2, 0.25) is 0 Å². The number of para-hydroxylation sites is 2. The van der Waals surface area contributed by atoms with E-state index >= 15 is 0 Å². The summed E-state index contributed by atoms with van der Waals surface area (Å²) < 4.78 is 71.8. The van der Waals surface area contributed by atoms with E-state index in [-0.39, 0.29) is 22.7 Å². The lowest BCUT2D eigenvalue weighted by molar-refractivity contribution is -0.137. The highest BCUT2D eigenvalue weighted by Gasteiger charge is 2.30. The Hall–Kier alpha value is -3.53. The third kappa shape index (κ3) is 5.69. The first-order chi connectivity index (χ1) is 15.9. The number of alkyl halides is 3. The molecule has 0 fully saturated rings. The van der Waals surface area contributed by atoms with Gasteiger partial charge in [-0.15, -0.1) is 0 Å². The SMILES string of the molecule is COc1ccccc1NS(=O)(=O)c1ccc(C)c(C(=O)N(C)Cc2ccc(C(F)(F)F)cc2)c1. The molecule has 6 nitrogen and oxygen atoms in total. The largest absolute Gasteiger partial charge is 0.495 e. The van der Waals surface area contributed by atoms with Crippen molar-refractivity contribution in [2.75, 3.05) is 18.9 Å². The van der Waals surface area contributed by atoms with E-state index in [1.165, 1.54) is 49.4 Å². The minimum absolute atomic E-state index is 0.0485. The van der Waals surface area contributed by atoms with Gasteiger partial charge in [-0.05, 0) is 54.4 Å². The van der Waals surface area contributed by atoms with Gasteiger partial charge in [0, 0.05) is 19.2 Å². The van der Waals surface area contributed by atoms with Crippen molar-refractivity contribution < 1.29 is 31.1 Å². The van der Waals surface area contributed by atoms with Crippen LogP contribution >= 0.6 is 0 Å². The van der Waals surface area contributed by atoms with Crippen molar-refractivity contribution in [1.29, 1.82) is 0 Å². The zero-order valence-corrected chi connectivity index (χ0v) is 19.5. The second-order valence-electron chi connectivity index (χ2n) is 7.64. The van der Waals surface area contributed by atoms with Crippen molar-refractivity contribution in [2.24, 2.45) is 0 Å². The van der Waals surface area contributed by atoms with E-state index < -0.39 is 27.7 Å². The average molecular weight is 493 g/mol. The average Bonchev–Trinajstić information content (AvgIpc) is 2.78. The molecule has 0 aliphatic carbocycles. The molecule has 34 heavy (non-hydrogen) atoms. The Morgan fingerprint density at radius 3 is 2.29 bits per heavy atom. The van der Waals surface area contributed by atoms with Crippen LogP contribution < -0.4 is 9.46 Å². The van der Waals surface area contributed by atoms with Gasteiger partial charge in [0.05, 0.1) is 23.3 Å². The molecule has 0 heterocycles. The summed E-state index contributed by atoms with van der Waals surface area (Å²) in [6.07, 6.45) is -4.44. The van der Waals surface area contributed by atoms with Gasteiger partial charge in [0.2, 0.25) is 0 Å². The van der Waals surface area contributed by atoms with Crippen LogP contribution in [0.3, 0.4) is 0 Å². The number of aryl methyl sites for hydroxylation is 1. The first-order valence-electron chi connectivity index (χ1n) is 10.1. The van der Waals surface area contributed by atoms with E-state index in [1.54, 1.807) is 31.2 Å². The summed E-state index contributed by atoms with van der Waals surface area (Å²) >= 11 is 0. The highest BCUT2D eigenvalue weighted by Crippen LogP contribution is 2.30. The Bertz CT molecular complexity index is 1290. The number of amides is 1. The molecule has 0 aliphatic heterocycles. The Balaban J connectivity index is 1.82. The minimum Gasteiger partial charge on any atom is -0.495 e. The van der Waals surface area contributed by atoms with Crippen molar-refractivity contribution >= 4 is 21.6 Å². The lowest BCUT2D eigenvalue weighted by Gasteiger charge is -2.20. The molecule has 180 valence electrons. The molecule has 0 saturated heterocycles. The maximum absolute atomic E-state index is 13.0. The number of carbonyl (C=O) groups excluding carboxylic acids is 1. The fourth-order valence-corrected chi connectivity index (χ4v) is 4.38. The number of hydrogen-bond acceptors (Lipinski definition) is 4. The van der Waals surface area contributed by atoms with E-state index in [9.17, 15) is 26.4 Å². The maximum Gasteiger partial charge on any atom is 0.416 e. The van der Waals surface area contributed by atoms with Crippen LogP contribution in [-0.4, -0.2) is 33.4 Å². The third-order valence-corrected chi connectivity index (χ3v) is 6.51. The number of anilines is 1. The van der Waals surface area contributed by atoms with Crippen LogP contribution in [0.25, 0.3) is 0 Å². The lowest BCUT2D eigenvalue weighted by Crippen LogP contribution is -2.27. The molecule has 0 spiro atoms. The number of benzene rings is 3. The first kappa shape index (κ1) is 25.1. The van der Waals surface area contributed by atoms with Gasteiger partial charge in [-0.2, -0.15) is 13.2 Å². The lowest BCUT2D eigenvalue weighted by atomic mass is 10.1. The zero-order chi connectivity index (χ0) is 25.1. The zero-order valence-electron chi connectivity index (χ0n) is 18.7. The van der Waals surface area contributed by atoms with Crippen molar-refractivity contribution in [3.8, 4) is 5.75 Å². The van der Waals surface area contributed by atoms with E-state index in [4.69, 9.17) is 4.74 Å². The van der Waals surface area contributed by atoms with Crippen LogP contribution in [-0.2, 0) is 22.7 Å². The van der Waals surface area contributed by atoms with Gasteiger partial charge in [0.25, 0.3) is 15.9 Å². The molecular formula is C24H23F3N2O4S. The number of nitrogens with one attached hydrogen (secondary N) is 1. The number of carbonyl (C=O) groups is 1. The number of sulfonamides is 1. The van der Waals surface area contributed by atoms with E-state index in [1.807, 2.05) is 0 Å². The van der Waals surface area contributed by atoms with Gasteiger partial charge in [-0.3, -0.25) is 9.52 Å². The van der Waals surface area contributed by atoms with E-state index in [0.29, 0.717) is 16.9 Å². The number of ether oxygens (including phenoxy) is 1. The quantitative estimate of drug-likeness (QED) is 0.498. The number of hydrogen-bond donors (Lipinski definition) is 1. The Labute approximate surface area is 196 Å². The Morgan fingerprint density at radius 1 is 1.03 bits per heavy atom. The van der Waals surface area contributed by atoms with Gasteiger partial charge in [-0.1, -0.05) is 30.3 Å². The highest BCUT2D eigenvalue weighted by molar-refractivity contribution is 7.92. The molecule has 3 rings (SSSR count). The fraction of sp³-hybridized carbons (Fsp3) is 0.208. The number of nitrogens with zero attached hydrogens (tertiary/aromatic N) is 1. The Morgan fingerprint density at radius 2 is 1.68 bits per heavy atom. The number of rotatable bonds is 7. The van der Waals surface area contributed by atoms with Gasteiger partial charge in [-0.25, -0.2) is 8.42 Å². The molecule has 3 aromatic carbocycles. The molecule has 0 aliphatic rings. The molecule has 0 aromatic heterocycles. The van der Waals surface area contributed by atoms with Crippen molar-refractivity contribution in [3.05, 3.63) is 89.0 Å². The van der Waals surface area contributed by atoms with Crippen molar-refractivity contribution in [1.82, 2.24) is 4.90 Å². The molecule has 1 N–H and O–H groups in total. The molecule has 0 radical (unpaired) electrons. The predicted molar refractivity (Wildman–Crippen MR) is 122 cm³/mol. The number of halogens is 3. The molecule has 0 saturated carbocycles. The molecule has 3 aromatic rings. The van der Waals surface area contributed by atoms with Crippen LogP contribution in [0.5, 0.6) is 5.75 Å². The summed E-state index contributed by atoms with van der Waals surface area (Å²) in [7, 11) is -1.12. The highest BCUT2D eigenvalue weighted by atomic mass is 32.2. The van der Waals surface area contributed by atoms with Crippen molar-refractivity contribution in [2.45, 2.75) is 24.5 Å². The maximum atomic E-state index is 13.0. The van der Waals surface area contributed by atoms with Crippen LogP contribution in [0, 0.1) is 6.92 Å². The van der Waals surface area contributed by atoms with E-state index in [0.717, 1.165) is 12.1 Å². The van der Waals surface area contributed by atoms with Crippen LogP contribution in [0.1, 0.15) is 27.0 Å². The third-order valence-electron chi connectivity index (χ3n) is 5.15. The second kappa shape index (κ2) is 9.76.